The van der Waals surface area contributed by atoms with Crippen molar-refractivity contribution in [2.45, 2.75) is 0 Å². The zero-order valence-corrected chi connectivity index (χ0v) is 11.5. The van der Waals surface area contributed by atoms with Crippen molar-refractivity contribution in [3.8, 4) is 0 Å². The molecule has 6 nitrogen and oxygen atoms in total. The summed E-state index contributed by atoms with van der Waals surface area (Å²) < 4.78 is 59.2. The van der Waals surface area contributed by atoms with Gasteiger partial charge in [-0.3, -0.25) is 0 Å². The number of halogens is 2. The summed E-state index contributed by atoms with van der Waals surface area (Å²) in [7, 11) is -7.66. The number of nitrogens with two attached hydrogens (primary N) is 2. The monoisotopic (exact) mass is 266 g/mol. The van der Waals surface area contributed by atoms with Gasteiger partial charge in [-0.15, -0.1) is 0 Å². The Labute approximate surface area is 119 Å². The zero-order chi connectivity index (χ0) is 10.4. The standard InChI is InChI=1S/2CH4FNO2S.K.H/c2*2-1-6(3,4)5;;/h2*1H2,(H2,3,4,5);;/q;;+1;-1. The van der Waals surface area contributed by atoms with Gasteiger partial charge in [0.15, 0.2) is 0 Å². The van der Waals surface area contributed by atoms with Crippen LogP contribution in [0.25, 0.3) is 0 Å². The predicted molar refractivity (Wildman–Crippen MR) is 39.3 cm³/mol. The SMILES string of the molecule is NS(=O)(=O)CF.NS(=O)(=O)CF.[H-].[K+]. The first-order chi connectivity index (χ1) is 5.12. The molecule has 0 saturated carbocycles. The molecule has 0 saturated heterocycles. The summed E-state index contributed by atoms with van der Waals surface area (Å²) in [5.74, 6) is 0. The van der Waals surface area contributed by atoms with Crippen LogP contribution in [0.5, 0.6) is 0 Å². The molecule has 0 amide bonds. The van der Waals surface area contributed by atoms with Gasteiger partial charge in [-0.25, -0.2) is 35.9 Å². The topological polar surface area (TPSA) is 120 Å². The van der Waals surface area contributed by atoms with Gasteiger partial charge in [-0.05, 0) is 0 Å². The Balaban J connectivity index is -0.0000000625. The summed E-state index contributed by atoms with van der Waals surface area (Å²) in [5.41, 5.74) is 0. The minimum Gasteiger partial charge on any atom is -1.00 e. The summed E-state index contributed by atoms with van der Waals surface area (Å²) in [6, 6.07) is -2.96. The van der Waals surface area contributed by atoms with E-state index in [9.17, 15) is 25.6 Å². The van der Waals surface area contributed by atoms with Crippen molar-refractivity contribution in [1.82, 2.24) is 0 Å². The molecule has 13 heavy (non-hydrogen) atoms. The maximum absolute atomic E-state index is 10.8. The average molecular weight is 266 g/mol. The van der Waals surface area contributed by atoms with Crippen LogP contribution in [0.2, 0.25) is 0 Å². The van der Waals surface area contributed by atoms with Crippen LogP contribution >= 0.6 is 0 Å². The summed E-state index contributed by atoms with van der Waals surface area (Å²) in [6.07, 6.45) is 0. The molecule has 4 N–H and O–H groups in total. The number of rotatable bonds is 2. The maximum Gasteiger partial charge on any atom is 1.00 e. The van der Waals surface area contributed by atoms with Gasteiger partial charge in [-0.2, -0.15) is 0 Å². The van der Waals surface area contributed by atoms with Gasteiger partial charge >= 0.3 is 51.4 Å². The Morgan fingerprint density at radius 2 is 1.00 bits per heavy atom. The minimum absolute atomic E-state index is 0. The van der Waals surface area contributed by atoms with E-state index in [2.05, 4.69) is 10.3 Å². The van der Waals surface area contributed by atoms with Crippen LogP contribution < -0.4 is 61.7 Å². The van der Waals surface area contributed by atoms with Gasteiger partial charge in [0.25, 0.3) is 0 Å². The maximum atomic E-state index is 10.8. The van der Waals surface area contributed by atoms with Crippen molar-refractivity contribution in [3.05, 3.63) is 0 Å². The van der Waals surface area contributed by atoms with Crippen LogP contribution in [0.4, 0.5) is 8.78 Å². The molecule has 0 aliphatic carbocycles. The summed E-state index contributed by atoms with van der Waals surface area (Å²) in [6.45, 7) is 0. The number of primary sulfonamides is 2. The average Bonchev–Trinajstić information content (AvgIpc) is 1.86. The Morgan fingerprint density at radius 1 is 0.923 bits per heavy atom. The van der Waals surface area contributed by atoms with E-state index in [4.69, 9.17) is 0 Å². The molecule has 0 aliphatic rings. The normalized spacial score (nSPS) is 10.8. The largest absolute Gasteiger partial charge is 1.00 e. The number of sulfonamides is 2. The molecule has 0 heterocycles. The van der Waals surface area contributed by atoms with Crippen LogP contribution in [-0.2, 0) is 20.0 Å². The molecule has 0 unspecified atom stereocenters. The van der Waals surface area contributed by atoms with Crippen LogP contribution in [0, 0.1) is 0 Å². The molecular weight excluding hydrogens is 257 g/mol. The first-order valence-electron chi connectivity index (χ1n) is 2.25. The first kappa shape index (κ1) is 19.8. The molecule has 0 fully saturated rings. The van der Waals surface area contributed by atoms with Gasteiger partial charge in [0.2, 0.25) is 32.1 Å². The molecule has 0 aromatic heterocycles. The molecule has 0 bridgehead atoms. The van der Waals surface area contributed by atoms with Crippen LogP contribution in [0.3, 0.4) is 0 Å². The van der Waals surface area contributed by atoms with Crippen LogP contribution in [0.1, 0.15) is 1.43 Å². The van der Waals surface area contributed by atoms with Gasteiger partial charge in [0.05, 0.1) is 0 Å². The quantitative estimate of drug-likeness (QED) is 0.489. The molecule has 0 aromatic rings. The van der Waals surface area contributed by atoms with E-state index in [1.165, 1.54) is 0 Å². The second-order valence-corrected chi connectivity index (χ2v) is 4.63. The van der Waals surface area contributed by atoms with Gasteiger partial charge in [0.1, 0.15) is 0 Å². The molecule has 11 heteroatoms. The molecule has 0 aromatic carbocycles. The van der Waals surface area contributed by atoms with Gasteiger partial charge in [-0.1, -0.05) is 0 Å². The van der Waals surface area contributed by atoms with E-state index in [-0.39, 0.29) is 52.8 Å². The van der Waals surface area contributed by atoms with E-state index in [1.54, 1.807) is 0 Å². The number of hydrogen-bond acceptors (Lipinski definition) is 4. The van der Waals surface area contributed by atoms with E-state index in [0.29, 0.717) is 0 Å². The van der Waals surface area contributed by atoms with Crippen molar-refractivity contribution < 1.29 is 78.4 Å². The Hall–Kier alpha value is 1.32. The van der Waals surface area contributed by atoms with Crippen molar-refractivity contribution in [2.75, 3.05) is 12.0 Å². The van der Waals surface area contributed by atoms with E-state index in [0.717, 1.165) is 0 Å². The van der Waals surface area contributed by atoms with Crippen LogP contribution in [-0.4, -0.2) is 28.8 Å². The molecule has 0 radical (unpaired) electrons. The first-order valence-corrected chi connectivity index (χ1v) is 5.68. The molecule has 78 valence electrons. The Kier molecular flexibility index (Phi) is 13.1. The third-order valence-electron chi connectivity index (χ3n) is 0.304. The Bertz CT molecular complexity index is 273. The van der Waals surface area contributed by atoms with Crippen molar-refractivity contribution in [2.24, 2.45) is 10.3 Å². The summed E-state index contributed by atoms with van der Waals surface area (Å²) in [5, 5.41) is 8.26. The van der Waals surface area contributed by atoms with Gasteiger partial charge < -0.3 is 1.43 Å². The number of hydrogen-bond donors (Lipinski definition) is 2. The minimum atomic E-state index is -3.83. The second kappa shape index (κ2) is 8.61. The van der Waals surface area contributed by atoms with Crippen molar-refractivity contribution in [3.63, 3.8) is 0 Å². The third-order valence-corrected chi connectivity index (χ3v) is 0.912. The Morgan fingerprint density at radius 3 is 1.00 bits per heavy atom. The smallest absolute Gasteiger partial charge is 1.00 e. The molecule has 0 aliphatic heterocycles. The fourth-order valence-electron chi connectivity index (χ4n) is 0. The van der Waals surface area contributed by atoms with E-state index >= 15 is 0 Å². The van der Waals surface area contributed by atoms with E-state index < -0.39 is 32.1 Å². The van der Waals surface area contributed by atoms with Crippen molar-refractivity contribution in [1.29, 1.82) is 0 Å². The molecule has 0 spiro atoms. The van der Waals surface area contributed by atoms with Crippen LogP contribution in [0.15, 0.2) is 0 Å². The molecule has 0 rings (SSSR count). The molecule has 0 atom stereocenters. The van der Waals surface area contributed by atoms with E-state index in [1.807, 2.05) is 0 Å². The third kappa shape index (κ3) is 31.9. The van der Waals surface area contributed by atoms with Gasteiger partial charge in [0, 0.05) is 0 Å². The fraction of sp³-hybridized carbons (Fsp3) is 1.00. The number of alkyl halides is 2. The fourth-order valence-corrected chi connectivity index (χ4v) is 0. The van der Waals surface area contributed by atoms with Crippen molar-refractivity contribution >= 4 is 20.0 Å². The summed E-state index contributed by atoms with van der Waals surface area (Å²) in [4.78, 5) is 0. The predicted octanol–water partition coefficient (Wildman–Crippen LogP) is -4.48. The summed E-state index contributed by atoms with van der Waals surface area (Å²) >= 11 is 0. The molecular formula is C2H9F2KN2O4S2. The zero-order valence-electron chi connectivity index (χ0n) is 7.77. The second-order valence-electron chi connectivity index (χ2n) is 1.54.